The van der Waals surface area contributed by atoms with E-state index in [1.807, 2.05) is 12.1 Å². The molecule has 2 N–H and O–H groups in total. The number of hydrogen-bond donors (Lipinski definition) is 2. The summed E-state index contributed by atoms with van der Waals surface area (Å²) in [4.78, 5) is 27.0. The van der Waals surface area contributed by atoms with E-state index in [-0.39, 0.29) is 22.9 Å². The molecule has 1 fully saturated rings. The van der Waals surface area contributed by atoms with E-state index in [2.05, 4.69) is 20.8 Å². The van der Waals surface area contributed by atoms with Gasteiger partial charge in [-0.1, -0.05) is 23.5 Å². The number of carbonyl (C=O) groups excluding carboxylic acids is 2. The molecule has 2 aromatic carbocycles. The van der Waals surface area contributed by atoms with E-state index < -0.39 is 5.91 Å². The van der Waals surface area contributed by atoms with E-state index in [1.165, 1.54) is 24.3 Å². The van der Waals surface area contributed by atoms with Crippen molar-refractivity contribution in [2.45, 2.75) is 18.9 Å². The molecule has 3 aromatic rings. The second-order valence-electron chi connectivity index (χ2n) is 6.89. The van der Waals surface area contributed by atoms with Crippen molar-refractivity contribution < 1.29 is 18.7 Å². The van der Waals surface area contributed by atoms with E-state index >= 15 is 0 Å². The third kappa shape index (κ3) is 4.64. The maximum atomic E-state index is 13.0. The lowest BCUT2D eigenvalue weighted by atomic mass is 10.2. The monoisotopic (exact) mass is 441 g/mol. The van der Waals surface area contributed by atoms with Crippen LogP contribution in [0.5, 0.6) is 5.75 Å². The number of benzene rings is 2. The Morgan fingerprint density at radius 1 is 1.13 bits per heavy atom. The van der Waals surface area contributed by atoms with Gasteiger partial charge in [-0.2, -0.15) is 0 Å². The van der Waals surface area contributed by atoms with Crippen molar-refractivity contribution in [3.05, 3.63) is 64.4 Å². The number of rotatable bonds is 5. The van der Waals surface area contributed by atoms with Crippen molar-refractivity contribution in [3.8, 4) is 5.75 Å². The Morgan fingerprint density at radius 2 is 1.90 bits per heavy atom. The predicted molar refractivity (Wildman–Crippen MR) is 115 cm³/mol. The van der Waals surface area contributed by atoms with Gasteiger partial charge in [-0.3, -0.25) is 4.79 Å². The molecule has 31 heavy (non-hydrogen) atoms. The van der Waals surface area contributed by atoms with Crippen LogP contribution in [-0.2, 0) is 0 Å². The molecule has 0 saturated carbocycles. The summed E-state index contributed by atoms with van der Waals surface area (Å²) in [5.74, 6) is -0.246. The van der Waals surface area contributed by atoms with Gasteiger partial charge in [-0.05, 0) is 49.2 Å². The number of para-hydroxylation sites is 2. The van der Waals surface area contributed by atoms with Gasteiger partial charge < -0.3 is 20.3 Å². The summed E-state index contributed by atoms with van der Waals surface area (Å²) in [6.07, 6.45) is 1.55. The first kappa shape index (κ1) is 20.7. The second-order valence-corrected chi connectivity index (χ2v) is 7.90. The van der Waals surface area contributed by atoms with Gasteiger partial charge in [-0.25, -0.2) is 9.18 Å². The molecule has 1 atom stereocenters. The smallest absolute Gasteiger partial charge is 0.322 e. The number of anilines is 2. The van der Waals surface area contributed by atoms with Crippen LogP contribution in [0, 0.1) is 5.82 Å². The maximum Gasteiger partial charge on any atom is 0.322 e. The van der Waals surface area contributed by atoms with Crippen molar-refractivity contribution in [3.63, 3.8) is 0 Å². The van der Waals surface area contributed by atoms with Gasteiger partial charge in [0, 0.05) is 12.2 Å². The summed E-state index contributed by atoms with van der Waals surface area (Å²) >= 11 is 1.14. The summed E-state index contributed by atoms with van der Waals surface area (Å²) in [6, 6.07) is 12.1. The van der Waals surface area contributed by atoms with E-state index in [9.17, 15) is 14.0 Å². The highest BCUT2D eigenvalue weighted by atomic mass is 32.1. The summed E-state index contributed by atoms with van der Waals surface area (Å²) in [5.41, 5.74) is 1.04. The molecule has 160 valence electrons. The number of nitrogens with one attached hydrogen (secondary N) is 2. The molecule has 1 aliphatic rings. The number of halogens is 1. The SMILES string of the molecule is COc1ccccc1NC(=O)N1CCC[C@H]1c1nnc(C(=O)Nc2ccc(F)cc2)s1. The summed E-state index contributed by atoms with van der Waals surface area (Å²) in [5, 5.41) is 14.4. The fourth-order valence-electron chi connectivity index (χ4n) is 3.38. The van der Waals surface area contributed by atoms with Crippen LogP contribution in [0.25, 0.3) is 0 Å². The molecule has 2 heterocycles. The van der Waals surface area contributed by atoms with E-state index in [4.69, 9.17) is 4.74 Å². The molecule has 10 heteroatoms. The van der Waals surface area contributed by atoms with E-state index in [0.29, 0.717) is 28.7 Å². The molecule has 0 unspecified atom stereocenters. The first-order valence-corrected chi connectivity index (χ1v) is 10.5. The number of nitrogens with zero attached hydrogens (tertiary/aromatic N) is 3. The van der Waals surface area contributed by atoms with Crippen molar-refractivity contribution >= 4 is 34.6 Å². The molecular weight excluding hydrogens is 421 g/mol. The lowest BCUT2D eigenvalue weighted by Crippen LogP contribution is -2.34. The third-order valence-corrected chi connectivity index (χ3v) is 5.91. The lowest BCUT2D eigenvalue weighted by Gasteiger charge is -2.23. The number of aromatic nitrogens is 2. The first-order valence-electron chi connectivity index (χ1n) is 9.66. The quantitative estimate of drug-likeness (QED) is 0.615. The summed E-state index contributed by atoms with van der Waals surface area (Å²) < 4.78 is 18.3. The molecule has 4 rings (SSSR count). The highest BCUT2D eigenvalue weighted by Crippen LogP contribution is 2.35. The van der Waals surface area contributed by atoms with Crippen LogP contribution in [0.1, 0.15) is 33.7 Å². The van der Waals surface area contributed by atoms with E-state index in [1.54, 1.807) is 24.1 Å². The minimum atomic E-state index is -0.432. The number of hydrogen-bond acceptors (Lipinski definition) is 6. The number of ether oxygens (including phenoxy) is 1. The fraction of sp³-hybridized carbons (Fsp3) is 0.238. The average Bonchev–Trinajstić information content (AvgIpc) is 3.45. The van der Waals surface area contributed by atoms with Crippen molar-refractivity contribution in [1.82, 2.24) is 15.1 Å². The zero-order valence-corrected chi connectivity index (χ0v) is 17.5. The predicted octanol–water partition coefficient (Wildman–Crippen LogP) is 4.31. The highest BCUT2D eigenvalue weighted by Gasteiger charge is 2.33. The van der Waals surface area contributed by atoms with Gasteiger partial charge in [-0.15, -0.1) is 10.2 Å². The van der Waals surface area contributed by atoms with Crippen molar-refractivity contribution in [2.24, 2.45) is 0 Å². The highest BCUT2D eigenvalue weighted by molar-refractivity contribution is 7.13. The minimum Gasteiger partial charge on any atom is -0.495 e. The molecule has 8 nitrogen and oxygen atoms in total. The van der Waals surface area contributed by atoms with Crippen LogP contribution in [0.3, 0.4) is 0 Å². The van der Waals surface area contributed by atoms with Gasteiger partial charge in [0.2, 0.25) is 5.01 Å². The molecule has 0 bridgehead atoms. The molecular formula is C21H20FN5O3S. The zero-order valence-electron chi connectivity index (χ0n) is 16.7. The third-order valence-electron chi connectivity index (χ3n) is 4.88. The standard InChI is InChI=1S/C21H20FN5O3S/c1-30-17-7-3-2-5-15(17)24-21(29)27-12-4-6-16(27)19-25-26-20(31-19)18(28)23-14-10-8-13(22)9-11-14/h2-3,5,7-11,16H,4,6,12H2,1H3,(H,23,28)(H,24,29)/t16-/m0/s1. The number of urea groups is 1. The Morgan fingerprint density at radius 3 is 2.68 bits per heavy atom. The Kier molecular flexibility index (Phi) is 6.08. The molecule has 0 aliphatic carbocycles. The zero-order chi connectivity index (χ0) is 21.8. The van der Waals surface area contributed by atoms with Crippen LogP contribution in [-0.4, -0.2) is 40.7 Å². The molecule has 0 radical (unpaired) electrons. The number of amides is 3. The largest absolute Gasteiger partial charge is 0.495 e. The van der Waals surface area contributed by atoms with Crippen molar-refractivity contribution in [2.75, 3.05) is 24.3 Å². The van der Waals surface area contributed by atoms with Gasteiger partial charge in [0.15, 0.2) is 0 Å². The Balaban J connectivity index is 1.45. The molecule has 1 aromatic heterocycles. The Labute approximate surface area is 182 Å². The Hall–Kier alpha value is -3.53. The molecule has 0 spiro atoms. The van der Waals surface area contributed by atoms with Gasteiger partial charge >= 0.3 is 6.03 Å². The van der Waals surface area contributed by atoms with Gasteiger partial charge in [0.05, 0.1) is 18.8 Å². The van der Waals surface area contributed by atoms with Gasteiger partial charge in [0.1, 0.15) is 16.6 Å². The summed E-state index contributed by atoms with van der Waals surface area (Å²) in [6.45, 7) is 0.572. The first-order chi connectivity index (χ1) is 15.0. The van der Waals surface area contributed by atoms with Crippen LogP contribution in [0.15, 0.2) is 48.5 Å². The van der Waals surface area contributed by atoms with Gasteiger partial charge in [0.25, 0.3) is 5.91 Å². The molecule has 1 aliphatic heterocycles. The second kappa shape index (κ2) is 9.09. The Bertz CT molecular complexity index is 1090. The number of methoxy groups -OCH3 is 1. The van der Waals surface area contributed by atoms with Crippen LogP contribution < -0.4 is 15.4 Å². The van der Waals surface area contributed by atoms with Crippen LogP contribution in [0.2, 0.25) is 0 Å². The summed E-state index contributed by atoms with van der Waals surface area (Å²) in [7, 11) is 1.55. The van der Waals surface area contributed by atoms with Crippen LogP contribution in [0.4, 0.5) is 20.6 Å². The number of carbonyl (C=O) groups is 2. The van der Waals surface area contributed by atoms with Crippen LogP contribution >= 0.6 is 11.3 Å². The minimum absolute atomic E-state index is 0.177. The van der Waals surface area contributed by atoms with Crippen molar-refractivity contribution in [1.29, 1.82) is 0 Å². The lowest BCUT2D eigenvalue weighted by molar-refractivity contribution is 0.102. The average molecular weight is 441 g/mol. The molecule has 3 amide bonds. The topological polar surface area (TPSA) is 96.4 Å². The molecule has 1 saturated heterocycles. The number of likely N-dealkylation sites (tertiary alicyclic amines) is 1. The maximum absolute atomic E-state index is 13.0. The normalized spacial score (nSPS) is 15.5. The van der Waals surface area contributed by atoms with E-state index in [0.717, 1.165) is 24.2 Å². The fourth-order valence-corrected chi connectivity index (χ4v) is 4.27.